The van der Waals surface area contributed by atoms with Gasteiger partial charge in [0.05, 0.1) is 16.8 Å². The van der Waals surface area contributed by atoms with Crippen molar-refractivity contribution >= 4 is 88.3 Å². The summed E-state index contributed by atoms with van der Waals surface area (Å²) in [6.45, 7) is 0. The van der Waals surface area contributed by atoms with Gasteiger partial charge >= 0.3 is 23.1 Å². The molecule has 1 aromatic heterocycles. The minimum absolute atomic E-state index is 0. The number of nitrogen functional groups attached to an aromatic ring is 1. The third-order valence-corrected chi connectivity index (χ3v) is 7.73. The summed E-state index contributed by atoms with van der Waals surface area (Å²) >= 11 is 11.9. The van der Waals surface area contributed by atoms with Gasteiger partial charge in [-0.25, -0.2) is 9.97 Å². The van der Waals surface area contributed by atoms with Crippen molar-refractivity contribution in [2.24, 2.45) is 0 Å². The molecule has 0 spiro atoms. The van der Waals surface area contributed by atoms with Gasteiger partial charge in [-0.3, -0.25) is 4.79 Å². The third kappa shape index (κ3) is 13.4. The fourth-order valence-corrected chi connectivity index (χ4v) is 4.76. The molecule has 0 saturated heterocycles. The number of halogens is 4. The van der Waals surface area contributed by atoms with E-state index >= 15 is 0 Å². The minimum Gasteiger partial charge on any atom is -1.00 e. The number of nitrogens with two attached hydrogens (primary N) is 1. The van der Waals surface area contributed by atoms with Crippen LogP contribution in [0.5, 0.6) is 0 Å². The fraction of sp³-hybridized carbons (Fsp3) is 0. The largest absolute Gasteiger partial charge is 2.00 e. The van der Waals surface area contributed by atoms with Gasteiger partial charge in [0.25, 0.3) is 5.24 Å². The van der Waals surface area contributed by atoms with E-state index in [2.05, 4.69) is 62.2 Å². The van der Waals surface area contributed by atoms with E-state index in [0.717, 1.165) is 42.5 Å². The number of hydrogen-bond acceptors (Lipinski definition) is 5. The Hall–Kier alpha value is -3.97. The topological polar surface area (TPSA) is 92.7 Å². The van der Waals surface area contributed by atoms with Gasteiger partial charge in [-0.15, -0.1) is 0 Å². The van der Waals surface area contributed by atoms with Crippen LogP contribution in [-0.2, 0) is 0 Å². The number of hydrogen-bond donors (Lipinski definition) is 1. The van der Waals surface area contributed by atoms with Crippen LogP contribution in [0.15, 0.2) is 161 Å². The molecule has 5 aromatic carbocycles. The number of carbonyl (C=O) groups excluding carboxylic acids is 1. The van der Waals surface area contributed by atoms with Crippen LogP contribution in [0.3, 0.4) is 0 Å². The number of anilines is 1. The molecular weight excluding hydrogens is 852 g/mol. The van der Waals surface area contributed by atoms with Gasteiger partial charge in [0.2, 0.25) is 0 Å². The number of nitrogens with zero attached hydrogens (tertiary/aromatic N) is 3. The zero-order valence-corrected chi connectivity index (χ0v) is 33.4. The molecule has 2 N–H and O–H groups in total. The predicted molar refractivity (Wildman–Crippen MR) is 209 cm³/mol. The Morgan fingerprint density at radius 2 is 1.36 bits per heavy atom. The molecule has 6 aromatic rings. The van der Waals surface area contributed by atoms with Crippen molar-refractivity contribution in [1.82, 2.24) is 9.97 Å². The van der Waals surface area contributed by atoms with Crippen LogP contribution in [0.25, 0.3) is 33.5 Å². The second-order valence-electron chi connectivity index (χ2n) is 9.77. The molecule has 0 fully saturated rings. The zero-order chi connectivity index (χ0) is 34.1. The van der Waals surface area contributed by atoms with Gasteiger partial charge in [0.1, 0.15) is 6.07 Å². The average molecular weight is 879 g/mol. The second-order valence-corrected chi connectivity index (χ2v) is 11.9. The van der Waals surface area contributed by atoms with Crippen molar-refractivity contribution < 1.29 is 21.8 Å². The third-order valence-electron chi connectivity index (χ3n) is 6.46. The number of aromatic nitrogens is 2. The maximum Gasteiger partial charge on any atom is 2.00 e. The van der Waals surface area contributed by atoms with E-state index in [1.807, 2.05) is 91.0 Å². The first-order chi connectivity index (χ1) is 23.4. The van der Waals surface area contributed by atoms with Crippen LogP contribution in [0.1, 0.15) is 15.9 Å². The van der Waals surface area contributed by atoms with Gasteiger partial charge in [-0.2, -0.15) is 5.26 Å². The van der Waals surface area contributed by atoms with Gasteiger partial charge in [0.15, 0.2) is 5.82 Å². The van der Waals surface area contributed by atoms with Crippen LogP contribution < -0.4 is 22.7 Å². The molecule has 0 bridgehead atoms. The summed E-state index contributed by atoms with van der Waals surface area (Å²) in [5.41, 5.74) is 11.0. The Balaban J connectivity index is 0.000000267. The van der Waals surface area contributed by atoms with Crippen molar-refractivity contribution in [3.8, 4) is 28.7 Å². The van der Waals surface area contributed by atoms with E-state index in [4.69, 9.17) is 32.6 Å². The van der Waals surface area contributed by atoms with E-state index in [9.17, 15) is 4.79 Å². The quantitative estimate of drug-likeness (QED) is 0.0857. The molecule has 50 heavy (non-hydrogen) atoms. The Morgan fingerprint density at radius 1 is 0.760 bits per heavy atom. The summed E-state index contributed by atoms with van der Waals surface area (Å²) in [7, 11) is 0. The summed E-state index contributed by atoms with van der Waals surface area (Å²) < 4.78 is 1.99. The van der Waals surface area contributed by atoms with Crippen molar-refractivity contribution in [2.75, 3.05) is 5.73 Å². The van der Waals surface area contributed by atoms with E-state index in [-0.39, 0.29) is 40.0 Å². The van der Waals surface area contributed by atoms with Crippen LogP contribution in [0, 0.1) is 23.5 Å². The van der Waals surface area contributed by atoms with E-state index in [1.54, 1.807) is 48.5 Å². The smallest absolute Gasteiger partial charge is 1.00 e. The first-order valence-electron chi connectivity index (χ1n) is 14.5. The van der Waals surface area contributed by atoms with Crippen molar-refractivity contribution in [3.63, 3.8) is 0 Å². The molecule has 10 heteroatoms. The van der Waals surface area contributed by atoms with Crippen molar-refractivity contribution in [1.29, 1.82) is 5.26 Å². The zero-order valence-electron chi connectivity index (χ0n) is 26.5. The predicted octanol–water partition coefficient (Wildman–Crippen LogP) is 7.59. The van der Waals surface area contributed by atoms with Crippen LogP contribution in [-0.4, -0.2) is 38.3 Å². The number of allylic oxidation sites excluding steroid dienone is 6. The number of rotatable bonds is 3. The molecule has 1 aliphatic carbocycles. The Morgan fingerprint density at radius 3 is 1.88 bits per heavy atom. The Bertz CT molecular complexity index is 2060. The molecule has 1 aliphatic rings. The Labute approximate surface area is 340 Å². The molecule has 0 amide bonds. The number of carbonyl (C=O) groups is 1. The summed E-state index contributed by atoms with van der Waals surface area (Å²) in [4.78, 5) is 20.1. The SMILES string of the molecule is Brc1ccc(-c2nc(-c3ccccc3)c3ccccc3n2)cc1.N#Cc1ccccc1N.O=C(Cl)c1ccc(Br)cc1.[Br-].[C+]1=CC=CC=[C-]1.[Mg+2]. The monoisotopic (exact) mass is 875 g/mol. The number of fused-ring (bicyclic) bond motifs is 1. The molecule has 0 unspecified atom stereocenters. The number of para-hydroxylation sites is 2. The number of nitriles is 1. The van der Waals surface area contributed by atoms with Crippen LogP contribution in [0.2, 0.25) is 0 Å². The molecular formula is C40H27Br3ClMgN4O+. The maximum atomic E-state index is 10.5. The van der Waals surface area contributed by atoms with Gasteiger partial charge < -0.3 is 22.7 Å². The van der Waals surface area contributed by atoms with E-state index in [0.29, 0.717) is 16.8 Å². The molecule has 1 heterocycles. The molecule has 7 rings (SSSR count). The average Bonchev–Trinajstić information content (AvgIpc) is 3.14. The maximum absolute atomic E-state index is 10.5. The van der Waals surface area contributed by atoms with Gasteiger partial charge in [0, 0.05) is 42.8 Å². The standard InChI is InChI=1S/C20H13BrN2.C7H4BrClO.C7H6N2.C6H4.BrH.Mg/c21-16-12-10-15(11-13-16)20-22-18-9-5-4-8-17(18)19(23-20)14-6-2-1-3-7-14;8-6-3-1-5(2-4-6)7(9)10;8-5-6-3-1-2-4-7(6)9;1-2-4-6-5-3-1;;/h1-13H;1-4H;1-4H,9H2;1-4H;1H;/q;;;;;+2/p-1. The summed E-state index contributed by atoms with van der Waals surface area (Å²) in [5, 5.41) is 9.03. The minimum atomic E-state index is -0.424. The molecule has 0 atom stereocenters. The first-order valence-corrected chi connectivity index (χ1v) is 16.4. The second kappa shape index (κ2) is 22.7. The molecule has 0 saturated carbocycles. The van der Waals surface area contributed by atoms with E-state index in [1.165, 1.54) is 0 Å². The Kier molecular flexibility index (Phi) is 19.1. The van der Waals surface area contributed by atoms with Crippen molar-refractivity contribution in [3.05, 3.63) is 184 Å². The summed E-state index contributed by atoms with van der Waals surface area (Å²) in [6, 6.07) is 42.3. The van der Waals surface area contributed by atoms with Crippen LogP contribution in [0.4, 0.5) is 5.69 Å². The van der Waals surface area contributed by atoms with Crippen LogP contribution >= 0.6 is 43.5 Å². The fourth-order valence-electron chi connectivity index (χ4n) is 4.10. The summed E-state index contributed by atoms with van der Waals surface area (Å²) in [5.74, 6) is 0.745. The normalized spacial score (nSPS) is 10.1. The number of benzene rings is 5. The molecule has 0 aliphatic heterocycles. The summed E-state index contributed by atoms with van der Waals surface area (Å²) in [6.07, 6.45) is 13.0. The van der Waals surface area contributed by atoms with Crippen molar-refractivity contribution in [2.45, 2.75) is 0 Å². The molecule has 242 valence electrons. The molecule has 5 nitrogen and oxygen atoms in total. The van der Waals surface area contributed by atoms with Gasteiger partial charge in [-0.05, 0) is 72.3 Å². The molecule has 0 radical (unpaired) electrons. The van der Waals surface area contributed by atoms with Gasteiger partial charge in [-0.1, -0.05) is 129 Å². The first kappa shape index (κ1) is 42.2. The van der Waals surface area contributed by atoms with E-state index < -0.39 is 5.24 Å².